The Kier molecular flexibility index (Phi) is 3.16. The summed E-state index contributed by atoms with van der Waals surface area (Å²) in [4.78, 5) is 0. The highest BCUT2D eigenvalue weighted by atomic mass is 79.9. The number of rotatable bonds is 2. The summed E-state index contributed by atoms with van der Waals surface area (Å²) >= 11 is 3.54. The molecule has 3 rings (SSSR count). The largest absolute Gasteiger partial charge is 0.469 e. The van der Waals surface area contributed by atoms with Crippen molar-refractivity contribution in [3.05, 3.63) is 51.9 Å². The maximum absolute atomic E-state index is 5.52. The molecular weight excluding hydrogens is 290 g/mol. The minimum Gasteiger partial charge on any atom is -0.469 e. The highest BCUT2D eigenvalue weighted by Crippen LogP contribution is 2.33. The number of anilines is 1. The van der Waals surface area contributed by atoms with Gasteiger partial charge in [-0.15, -0.1) is 0 Å². The number of hydrogen-bond acceptors (Lipinski definition) is 2. The Morgan fingerprint density at radius 1 is 1.33 bits per heavy atom. The fourth-order valence-corrected chi connectivity index (χ4v) is 3.26. The van der Waals surface area contributed by atoms with Gasteiger partial charge in [-0.05, 0) is 49.6 Å². The van der Waals surface area contributed by atoms with Crippen LogP contribution in [0.5, 0.6) is 0 Å². The summed E-state index contributed by atoms with van der Waals surface area (Å²) < 4.78 is 6.64. The van der Waals surface area contributed by atoms with Crippen molar-refractivity contribution in [2.75, 3.05) is 5.32 Å². The van der Waals surface area contributed by atoms with E-state index in [9.17, 15) is 0 Å². The van der Waals surface area contributed by atoms with Gasteiger partial charge in [0.25, 0.3) is 0 Å². The van der Waals surface area contributed by atoms with E-state index < -0.39 is 0 Å². The van der Waals surface area contributed by atoms with E-state index in [0.717, 1.165) is 23.1 Å². The average Bonchev–Trinajstić information content (AvgIpc) is 2.76. The minimum absolute atomic E-state index is 0.376. The van der Waals surface area contributed by atoms with Crippen LogP contribution in [0.3, 0.4) is 0 Å². The zero-order chi connectivity index (χ0) is 12.5. The predicted octanol–water partition coefficient (Wildman–Crippen LogP) is 4.84. The molecule has 1 heterocycles. The van der Waals surface area contributed by atoms with Gasteiger partial charge in [0.05, 0.1) is 12.3 Å². The van der Waals surface area contributed by atoms with Crippen LogP contribution in [-0.2, 0) is 6.42 Å². The maximum atomic E-state index is 5.52. The molecule has 1 aromatic heterocycles. The van der Waals surface area contributed by atoms with Gasteiger partial charge in [-0.3, -0.25) is 0 Å². The van der Waals surface area contributed by atoms with Crippen LogP contribution >= 0.6 is 15.9 Å². The third-order valence-corrected chi connectivity index (χ3v) is 3.89. The zero-order valence-corrected chi connectivity index (χ0v) is 12.0. The summed E-state index contributed by atoms with van der Waals surface area (Å²) in [5.41, 5.74) is 3.75. The molecule has 1 unspecified atom stereocenters. The first kappa shape index (κ1) is 11.8. The summed E-state index contributed by atoms with van der Waals surface area (Å²) in [5.74, 6) is 1.14. The van der Waals surface area contributed by atoms with E-state index in [1.54, 1.807) is 6.26 Å². The van der Waals surface area contributed by atoms with Gasteiger partial charge in [-0.25, -0.2) is 0 Å². The molecule has 0 radical (unpaired) electrons. The van der Waals surface area contributed by atoms with Crippen molar-refractivity contribution < 1.29 is 4.42 Å². The van der Waals surface area contributed by atoms with Crippen LogP contribution in [0.2, 0.25) is 0 Å². The Hall–Kier alpha value is -1.22. The lowest BCUT2D eigenvalue weighted by Crippen LogP contribution is -2.15. The zero-order valence-electron chi connectivity index (χ0n) is 10.4. The molecule has 0 bridgehead atoms. The second kappa shape index (κ2) is 4.81. The fraction of sp³-hybridized carbons (Fsp3) is 0.333. The number of halogens is 1. The van der Waals surface area contributed by atoms with Gasteiger partial charge >= 0.3 is 0 Å². The van der Waals surface area contributed by atoms with Crippen molar-refractivity contribution in [1.82, 2.24) is 0 Å². The lowest BCUT2D eigenvalue weighted by atomic mass is 9.93. The van der Waals surface area contributed by atoms with Crippen LogP contribution in [0.15, 0.2) is 39.4 Å². The Morgan fingerprint density at radius 3 is 3.06 bits per heavy atom. The number of aryl methyl sites for hydroxylation is 2. The number of hydrogen-bond donors (Lipinski definition) is 1. The highest BCUT2D eigenvalue weighted by molar-refractivity contribution is 9.10. The monoisotopic (exact) mass is 305 g/mol. The summed E-state index contributed by atoms with van der Waals surface area (Å²) in [6, 6.07) is 8.90. The van der Waals surface area contributed by atoms with Crippen LogP contribution < -0.4 is 5.32 Å². The van der Waals surface area contributed by atoms with Crippen LogP contribution in [0.1, 0.15) is 35.8 Å². The number of benzene rings is 1. The third kappa shape index (κ3) is 2.32. The van der Waals surface area contributed by atoms with E-state index in [2.05, 4.69) is 52.4 Å². The van der Waals surface area contributed by atoms with Crippen molar-refractivity contribution >= 4 is 21.6 Å². The van der Waals surface area contributed by atoms with Gasteiger partial charge in [-0.1, -0.05) is 15.9 Å². The van der Waals surface area contributed by atoms with Crippen molar-refractivity contribution in [3.8, 4) is 0 Å². The number of nitrogens with one attached hydrogen (secondary N) is 1. The summed E-state index contributed by atoms with van der Waals surface area (Å²) in [7, 11) is 0. The number of fused-ring (bicyclic) bond motifs is 1. The van der Waals surface area contributed by atoms with Gasteiger partial charge in [-0.2, -0.15) is 0 Å². The minimum atomic E-state index is 0.376. The van der Waals surface area contributed by atoms with Crippen LogP contribution in [-0.4, -0.2) is 0 Å². The molecule has 0 saturated heterocycles. The second-order valence-corrected chi connectivity index (χ2v) is 5.82. The van der Waals surface area contributed by atoms with E-state index in [1.807, 2.05) is 0 Å². The first-order valence-corrected chi connectivity index (χ1v) is 7.12. The smallest absolute Gasteiger partial charge is 0.109 e. The summed E-state index contributed by atoms with van der Waals surface area (Å²) in [6.45, 7) is 2.11. The Labute approximate surface area is 116 Å². The Morgan fingerprint density at radius 2 is 2.22 bits per heavy atom. The Balaban J connectivity index is 1.86. The highest BCUT2D eigenvalue weighted by Gasteiger charge is 2.22. The first-order valence-electron chi connectivity index (χ1n) is 6.32. The molecule has 0 amide bonds. The van der Waals surface area contributed by atoms with E-state index in [4.69, 9.17) is 4.42 Å². The van der Waals surface area contributed by atoms with E-state index in [0.29, 0.717) is 6.04 Å². The molecule has 1 aliphatic carbocycles. The van der Waals surface area contributed by atoms with E-state index in [-0.39, 0.29) is 0 Å². The van der Waals surface area contributed by atoms with Gasteiger partial charge in [0.2, 0.25) is 0 Å². The molecule has 0 fully saturated rings. The van der Waals surface area contributed by atoms with Gasteiger partial charge in [0, 0.05) is 22.1 Å². The van der Waals surface area contributed by atoms with Crippen LogP contribution in [0.25, 0.3) is 0 Å². The molecular formula is C15H16BrNO. The molecule has 94 valence electrons. The van der Waals surface area contributed by atoms with Crippen molar-refractivity contribution in [1.29, 1.82) is 0 Å². The topological polar surface area (TPSA) is 25.2 Å². The van der Waals surface area contributed by atoms with Crippen LogP contribution in [0.4, 0.5) is 5.69 Å². The molecule has 1 aromatic carbocycles. The molecule has 0 spiro atoms. The molecule has 2 nitrogen and oxygen atoms in total. The van der Waals surface area contributed by atoms with Gasteiger partial charge in [0.15, 0.2) is 0 Å². The second-order valence-electron chi connectivity index (χ2n) is 4.91. The molecule has 3 heteroatoms. The predicted molar refractivity (Wildman–Crippen MR) is 76.9 cm³/mol. The maximum Gasteiger partial charge on any atom is 0.109 e. The molecule has 0 aliphatic heterocycles. The van der Waals surface area contributed by atoms with Gasteiger partial charge in [0.1, 0.15) is 5.76 Å². The Bertz CT molecular complexity index is 541. The lowest BCUT2D eigenvalue weighted by molar-refractivity contribution is 0.461. The SMILES string of the molecule is Cc1cc(Br)cc(NC2CCCc3occc32)c1. The summed E-state index contributed by atoms with van der Waals surface area (Å²) in [5, 5.41) is 3.61. The van der Waals surface area contributed by atoms with Gasteiger partial charge < -0.3 is 9.73 Å². The molecule has 1 N–H and O–H groups in total. The normalized spacial score (nSPS) is 18.4. The summed E-state index contributed by atoms with van der Waals surface area (Å²) in [6.07, 6.45) is 5.22. The molecule has 2 aromatic rings. The quantitative estimate of drug-likeness (QED) is 0.859. The first-order chi connectivity index (χ1) is 8.72. The third-order valence-electron chi connectivity index (χ3n) is 3.43. The standard InChI is InChI=1S/C15H16BrNO/c1-10-7-11(16)9-12(8-10)17-14-3-2-4-15-13(14)5-6-18-15/h5-9,14,17H,2-4H2,1H3. The average molecular weight is 306 g/mol. The number of furan rings is 1. The lowest BCUT2D eigenvalue weighted by Gasteiger charge is -2.24. The van der Waals surface area contributed by atoms with Crippen molar-refractivity contribution in [3.63, 3.8) is 0 Å². The molecule has 18 heavy (non-hydrogen) atoms. The van der Waals surface area contributed by atoms with E-state index >= 15 is 0 Å². The molecule has 0 saturated carbocycles. The van der Waals surface area contributed by atoms with E-state index in [1.165, 1.54) is 23.2 Å². The van der Waals surface area contributed by atoms with Crippen LogP contribution in [0, 0.1) is 6.92 Å². The van der Waals surface area contributed by atoms with Crippen molar-refractivity contribution in [2.45, 2.75) is 32.2 Å². The fourth-order valence-electron chi connectivity index (χ4n) is 2.66. The molecule has 1 aliphatic rings. The van der Waals surface area contributed by atoms with Crippen molar-refractivity contribution in [2.24, 2.45) is 0 Å². The molecule has 1 atom stereocenters.